The summed E-state index contributed by atoms with van der Waals surface area (Å²) in [6, 6.07) is 0. The second kappa shape index (κ2) is 8.33. The fourth-order valence-corrected chi connectivity index (χ4v) is 2.09. The number of alkyl halides is 1. The molecule has 0 saturated heterocycles. The zero-order chi connectivity index (χ0) is 11.7. The lowest BCUT2D eigenvalue weighted by Gasteiger charge is -2.07. The predicted octanol–water partition coefficient (Wildman–Crippen LogP) is 1.35. The van der Waals surface area contributed by atoms with E-state index in [9.17, 15) is 8.42 Å². The molecule has 0 saturated carbocycles. The number of hydrogen-bond donors (Lipinski definition) is 1. The molecule has 1 N–H and O–H groups in total. The highest BCUT2D eigenvalue weighted by Crippen LogP contribution is 2.02. The molecule has 0 radical (unpaired) electrons. The third-order valence-corrected chi connectivity index (χ3v) is 3.37. The lowest BCUT2D eigenvalue weighted by Crippen LogP contribution is -2.29. The SMILES string of the molecule is CCOCCS(=O)(=O)NCCCC(C)Cl. The van der Waals surface area contributed by atoms with Gasteiger partial charge in [0, 0.05) is 18.5 Å². The first-order chi connectivity index (χ1) is 6.98. The van der Waals surface area contributed by atoms with Gasteiger partial charge in [0.05, 0.1) is 12.4 Å². The lowest BCUT2D eigenvalue weighted by atomic mass is 10.2. The van der Waals surface area contributed by atoms with Gasteiger partial charge in [-0.1, -0.05) is 0 Å². The van der Waals surface area contributed by atoms with Gasteiger partial charge in [0.1, 0.15) is 0 Å². The average Bonchev–Trinajstić information content (AvgIpc) is 2.13. The summed E-state index contributed by atoms with van der Waals surface area (Å²) < 4.78 is 30.1. The third kappa shape index (κ3) is 10.4. The molecular weight excluding hydrogens is 238 g/mol. The number of rotatable bonds is 9. The van der Waals surface area contributed by atoms with Crippen molar-refractivity contribution in [3.63, 3.8) is 0 Å². The summed E-state index contributed by atoms with van der Waals surface area (Å²) >= 11 is 5.73. The van der Waals surface area contributed by atoms with E-state index in [1.165, 1.54) is 0 Å². The summed E-state index contributed by atoms with van der Waals surface area (Å²) in [6.45, 7) is 4.97. The van der Waals surface area contributed by atoms with Gasteiger partial charge >= 0.3 is 0 Å². The molecular formula is C9H20ClNO3S. The summed E-state index contributed by atoms with van der Waals surface area (Å²) in [4.78, 5) is 0. The molecule has 0 fully saturated rings. The van der Waals surface area contributed by atoms with Crippen molar-refractivity contribution < 1.29 is 13.2 Å². The van der Waals surface area contributed by atoms with Crippen LogP contribution in [0.3, 0.4) is 0 Å². The first kappa shape index (κ1) is 15.2. The summed E-state index contributed by atoms with van der Waals surface area (Å²) in [7, 11) is -3.17. The lowest BCUT2D eigenvalue weighted by molar-refractivity contribution is 0.163. The quantitative estimate of drug-likeness (QED) is 0.501. The van der Waals surface area contributed by atoms with E-state index in [4.69, 9.17) is 16.3 Å². The van der Waals surface area contributed by atoms with Gasteiger partial charge in [-0.2, -0.15) is 0 Å². The van der Waals surface area contributed by atoms with Crippen LogP contribution in [-0.2, 0) is 14.8 Å². The summed E-state index contributed by atoms with van der Waals surface area (Å²) in [5, 5.41) is 0.0953. The molecule has 0 aliphatic rings. The van der Waals surface area contributed by atoms with E-state index in [0.29, 0.717) is 13.2 Å². The molecule has 0 aromatic heterocycles. The fourth-order valence-electron chi connectivity index (χ4n) is 0.996. The third-order valence-electron chi connectivity index (χ3n) is 1.80. The van der Waals surface area contributed by atoms with Gasteiger partial charge in [0.15, 0.2) is 0 Å². The summed E-state index contributed by atoms with van der Waals surface area (Å²) in [6.07, 6.45) is 1.58. The molecule has 92 valence electrons. The van der Waals surface area contributed by atoms with Crippen molar-refractivity contribution >= 4 is 21.6 Å². The molecule has 6 heteroatoms. The zero-order valence-corrected chi connectivity index (χ0v) is 10.9. The van der Waals surface area contributed by atoms with Gasteiger partial charge in [-0.3, -0.25) is 0 Å². The molecule has 0 rings (SSSR count). The average molecular weight is 258 g/mol. The maximum Gasteiger partial charge on any atom is 0.213 e. The molecule has 1 atom stereocenters. The van der Waals surface area contributed by atoms with E-state index in [1.807, 2.05) is 13.8 Å². The van der Waals surface area contributed by atoms with Crippen LogP contribution >= 0.6 is 11.6 Å². The van der Waals surface area contributed by atoms with Gasteiger partial charge in [-0.15, -0.1) is 11.6 Å². The Balaban J connectivity index is 3.56. The number of nitrogens with one attached hydrogen (secondary N) is 1. The maximum atomic E-state index is 11.3. The Bertz CT molecular complexity index is 242. The van der Waals surface area contributed by atoms with Crippen molar-refractivity contribution in [2.45, 2.75) is 32.1 Å². The van der Waals surface area contributed by atoms with Crippen molar-refractivity contribution in [2.75, 3.05) is 25.5 Å². The number of sulfonamides is 1. The van der Waals surface area contributed by atoms with Gasteiger partial charge in [-0.05, 0) is 26.7 Å². The highest BCUT2D eigenvalue weighted by Gasteiger charge is 2.08. The van der Waals surface area contributed by atoms with Crippen LogP contribution in [-0.4, -0.2) is 39.3 Å². The Morgan fingerprint density at radius 3 is 2.67 bits per heavy atom. The van der Waals surface area contributed by atoms with E-state index in [2.05, 4.69) is 4.72 Å². The fraction of sp³-hybridized carbons (Fsp3) is 1.00. The second-order valence-electron chi connectivity index (χ2n) is 3.33. The van der Waals surface area contributed by atoms with E-state index in [0.717, 1.165) is 12.8 Å². The Kier molecular flexibility index (Phi) is 8.42. The molecule has 1 unspecified atom stereocenters. The van der Waals surface area contributed by atoms with Crippen molar-refractivity contribution in [2.24, 2.45) is 0 Å². The first-order valence-electron chi connectivity index (χ1n) is 5.17. The topological polar surface area (TPSA) is 55.4 Å². The first-order valence-corrected chi connectivity index (χ1v) is 7.26. The van der Waals surface area contributed by atoms with Crippen molar-refractivity contribution in [3.8, 4) is 0 Å². The molecule has 0 heterocycles. The minimum atomic E-state index is -3.17. The minimum absolute atomic E-state index is 0.0251. The van der Waals surface area contributed by atoms with Crippen LogP contribution in [0.25, 0.3) is 0 Å². The Labute approximate surface area is 97.4 Å². The molecule has 0 spiro atoms. The molecule has 0 aromatic rings. The Morgan fingerprint density at radius 2 is 2.13 bits per heavy atom. The molecule has 0 amide bonds. The highest BCUT2D eigenvalue weighted by molar-refractivity contribution is 7.89. The van der Waals surface area contributed by atoms with Crippen molar-refractivity contribution in [1.82, 2.24) is 4.72 Å². The molecule has 4 nitrogen and oxygen atoms in total. The summed E-state index contributed by atoms with van der Waals surface area (Å²) in [5.41, 5.74) is 0. The predicted molar refractivity (Wildman–Crippen MR) is 62.8 cm³/mol. The normalized spacial score (nSPS) is 14.1. The van der Waals surface area contributed by atoms with Crippen molar-refractivity contribution in [3.05, 3.63) is 0 Å². The largest absolute Gasteiger partial charge is 0.381 e. The van der Waals surface area contributed by atoms with Crippen LogP contribution in [0.4, 0.5) is 0 Å². The van der Waals surface area contributed by atoms with Gasteiger partial charge in [0.2, 0.25) is 10.0 Å². The Hall–Kier alpha value is 0.160. The number of ether oxygens (including phenoxy) is 1. The van der Waals surface area contributed by atoms with E-state index in [1.54, 1.807) is 0 Å². The van der Waals surface area contributed by atoms with Crippen LogP contribution in [0.1, 0.15) is 26.7 Å². The van der Waals surface area contributed by atoms with Crippen LogP contribution in [0, 0.1) is 0 Å². The van der Waals surface area contributed by atoms with Crippen LogP contribution < -0.4 is 4.72 Å². The van der Waals surface area contributed by atoms with Crippen LogP contribution in [0.15, 0.2) is 0 Å². The molecule has 0 aliphatic heterocycles. The number of halogens is 1. The van der Waals surface area contributed by atoms with Gasteiger partial charge < -0.3 is 4.74 Å². The van der Waals surface area contributed by atoms with E-state index in [-0.39, 0.29) is 17.7 Å². The molecule has 0 bridgehead atoms. The summed E-state index contributed by atoms with van der Waals surface area (Å²) in [5.74, 6) is 0.0251. The second-order valence-corrected chi connectivity index (χ2v) is 6.00. The van der Waals surface area contributed by atoms with E-state index >= 15 is 0 Å². The molecule has 0 aromatic carbocycles. The smallest absolute Gasteiger partial charge is 0.213 e. The molecule has 15 heavy (non-hydrogen) atoms. The van der Waals surface area contributed by atoms with Gasteiger partial charge in [0.25, 0.3) is 0 Å². The van der Waals surface area contributed by atoms with Crippen molar-refractivity contribution in [1.29, 1.82) is 0 Å². The number of hydrogen-bond acceptors (Lipinski definition) is 3. The Morgan fingerprint density at radius 1 is 1.47 bits per heavy atom. The maximum absolute atomic E-state index is 11.3. The zero-order valence-electron chi connectivity index (χ0n) is 9.33. The van der Waals surface area contributed by atoms with Crippen LogP contribution in [0.2, 0.25) is 0 Å². The van der Waals surface area contributed by atoms with E-state index < -0.39 is 10.0 Å². The minimum Gasteiger partial charge on any atom is -0.381 e. The highest BCUT2D eigenvalue weighted by atomic mass is 35.5. The standard InChI is InChI=1S/C9H20ClNO3S/c1-3-14-7-8-15(12,13)11-6-4-5-9(2)10/h9,11H,3-8H2,1-2H3. The molecule has 0 aliphatic carbocycles. The van der Waals surface area contributed by atoms with Crippen LogP contribution in [0.5, 0.6) is 0 Å². The monoisotopic (exact) mass is 257 g/mol. The van der Waals surface area contributed by atoms with Gasteiger partial charge in [-0.25, -0.2) is 13.1 Å².